The number of carbonyl (C=O) groups is 1. The summed E-state index contributed by atoms with van der Waals surface area (Å²) in [7, 11) is 0. The molecule has 0 radical (unpaired) electrons. The summed E-state index contributed by atoms with van der Waals surface area (Å²) >= 11 is 0. The second-order valence-corrected chi connectivity index (χ2v) is 4.91. The Labute approximate surface area is 125 Å². The average molecular weight is 300 g/mol. The molecule has 0 spiro atoms. The molecule has 3 rings (SSSR count). The SMILES string of the molecule is O=C(Cc1coc2cc(O)ccc12)OCc1ccc(F)cc1. The largest absolute Gasteiger partial charge is 0.508 e. The van der Waals surface area contributed by atoms with Crippen LogP contribution in [0.4, 0.5) is 4.39 Å². The zero-order valence-electron chi connectivity index (χ0n) is 11.6. The number of rotatable bonds is 4. The molecule has 0 aliphatic heterocycles. The van der Waals surface area contributed by atoms with Gasteiger partial charge in [0, 0.05) is 17.0 Å². The molecule has 5 heteroatoms. The van der Waals surface area contributed by atoms with Gasteiger partial charge in [0.25, 0.3) is 0 Å². The van der Waals surface area contributed by atoms with E-state index in [1.165, 1.54) is 30.5 Å². The number of hydrogen-bond donors (Lipinski definition) is 1. The summed E-state index contributed by atoms with van der Waals surface area (Å²) in [5.41, 5.74) is 1.93. The molecular weight excluding hydrogens is 287 g/mol. The van der Waals surface area contributed by atoms with Crippen LogP contribution in [0.2, 0.25) is 0 Å². The fourth-order valence-corrected chi connectivity index (χ4v) is 2.16. The van der Waals surface area contributed by atoms with E-state index in [1.807, 2.05) is 0 Å². The third-order valence-electron chi connectivity index (χ3n) is 3.29. The number of phenols is 1. The minimum atomic E-state index is -0.403. The molecule has 2 aromatic carbocycles. The number of benzene rings is 2. The minimum absolute atomic E-state index is 0.0684. The number of furan rings is 1. The number of phenolic OH excluding ortho intramolecular Hbond substituents is 1. The molecule has 3 aromatic rings. The first-order valence-electron chi connectivity index (χ1n) is 6.71. The van der Waals surface area contributed by atoms with Crippen LogP contribution < -0.4 is 0 Å². The van der Waals surface area contributed by atoms with Gasteiger partial charge in [0.05, 0.1) is 12.7 Å². The van der Waals surface area contributed by atoms with E-state index in [9.17, 15) is 14.3 Å². The van der Waals surface area contributed by atoms with Gasteiger partial charge in [0.15, 0.2) is 0 Å². The number of aromatic hydroxyl groups is 1. The van der Waals surface area contributed by atoms with Crippen molar-refractivity contribution in [2.24, 2.45) is 0 Å². The molecule has 0 aliphatic rings. The number of fused-ring (bicyclic) bond motifs is 1. The van der Waals surface area contributed by atoms with Gasteiger partial charge in [-0.15, -0.1) is 0 Å². The van der Waals surface area contributed by atoms with E-state index in [-0.39, 0.29) is 24.6 Å². The van der Waals surface area contributed by atoms with Crippen LogP contribution >= 0.6 is 0 Å². The number of esters is 1. The first kappa shape index (κ1) is 14.1. The van der Waals surface area contributed by atoms with Crippen LogP contribution in [0.5, 0.6) is 5.75 Å². The van der Waals surface area contributed by atoms with Gasteiger partial charge in [-0.2, -0.15) is 0 Å². The quantitative estimate of drug-likeness (QED) is 0.748. The van der Waals surface area contributed by atoms with Crippen molar-refractivity contribution in [3.8, 4) is 5.75 Å². The summed E-state index contributed by atoms with van der Waals surface area (Å²) < 4.78 is 23.2. The zero-order valence-corrected chi connectivity index (χ0v) is 11.6. The lowest BCUT2D eigenvalue weighted by atomic mass is 10.1. The summed E-state index contributed by atoms with van der Waals surface area (Å²) in [5, 5.41) is 10.1. The van der Waals surface area contributed by atoms with Crippen molar-refractivity contribution in [2.75, 3.05) is 0 Å². The predicted molar refractivity (Wildman–Crippen MR) is 77.8 cm³/mol. The van der Waals surface area contributed by atoms with Crippen molar-refractivity contribution in [2.45, 2.75) is 13.0 Å². The monoisotopic (exact) mass is 300 g/mol. The second-order valence-electron chi connectivity index (χ2n) is 4.91. The standard InChI is InChI=1S/C17H13FO4/c18-13-3-1-11(2-4-13)9-22-17(20)7-12-10-21-16-8-14(19)5-6-15(12)16/h1-6,8,10,19H,7,9H2. The maximum absolute atomic E-state index is 12.8. The molecule has 0 unspecified atom stereocenters. The van der Waals surface area contributed by atoms with E-state index in [1.54, 1.807) is 18.2 Å². The van der Waals surface area contributed by atoms with Crippen LogP contribution in [0.1, 0.15) is 11.1 Å². The fraction of sp³-hybridized carbons (Fsp3) is 0.118. The third-order valence-corrected chi connectivity index (χ3v) is 3.29. The minimum Gasteiger partial charge on any atom is -0.508 e. The van der Waals surface area contributed by atoms with E-state index >= 15 is 0 Å². The van der Waals surface area contributed by atoms with Crippen molar-refractivity contribution in [1.29, 1.82) is 0 Å². The van der Waals surface area contributed by atoms with Crippen LogP contribution in [0.15, 0.2) is 53.1 Å². The molecule has 0 bridgehead atoms. The molecule has 1 aromatic heterocycles. The molecule has 1 N–H and O–H groups in total. The summed E-state index contributed by atoms with van der Waals surface area (Å²) in [4.78, 5) is 11.9. The lowest BCUT2D eigenvalue weighted by Gasteiger charge is -2.04. The zero-order chi connectivity index (χ0) is 15.5. The predicted octanol–water partition coefficient (Wildman–Crippen LogP) is 3.56. The number of halogens is 1. The Morgan fingerprint density at radius 2 is 1.95 bits per heavy atom. The lowest BCUT2D eigenvalue weighted by Crippen LogP contribution is -2.07. The Hall–Kier alpha value is -2.82. The van der Waals surface area contributed by atoms with Gasteiger partial charge in [0.1, 0.15) is 23.8 Å². The van der Waals surface area contributed by atoms with Crippen molar-refractivity contribution in [3.63, 3.8) is 0 Å². The van der Waals surface area contributed by atoms with E-state index in [0.717, 1.165) is 10.9 Å². The maximum Gasteiger partial charge on any atom is 0.310 e. The summed E-state index contributed by atoms with van der Waals surface area (Å²) in [6, 6.07) is 10.5. The van der Waals surface area contributed by atoms with Gasteiger partial charge in [-0.25, -0.2) is 4.39 Å². The van der Waals surface area contributed by atoms with Crippen LogP contribution in [-0.2, 0) is 22.6 Å². The normalized spacial score (nSPS) is 10.8. The Morgan fingerprint density at radius 1 is 1.18 bits per heavy atom. The Kier molecular flexibility index (Phi) is 3.78. The van der Waals surface area contributed by atoms with Crippen LogP contribution in [0.3, 0.4) is 0 Å². The lowest BCUT2D eigenvalue weighted by molar-refractivity contribution is -0.144. The first-order valence-corrected chi connectivity index (χ1v) is 6.71. The fourth-order valence-electron chi connectivity index (χ4n) is 2.16. The highest BCUT2D eigenvalue weighted by Gasteiger charge is 2.12. The Morgan fingerprint density at radius 3 is 2.73 bits per heavy atom. The molecule has 22 heavy (non-hydrogen) atoms. The topological polar surface area (TPSA) is 59.7 Å². The molecule has 0 amide bonds. The molecule has 112 valence electrons. The van der Waals surface area contributed by atoms with E-state index in [4.69, 9.17) is 9.15 Å². The van der Waals surface area contributed by atoms with Crippen LogP contribution in [0, 0.1) is 5.82 Å². The summed E-state index contributed by atoms with van der Waals surface area (Å²) in [5.74, 6) is -0.629. The molecule has 0 aliphatic carbocycles. The molecule has 4 nitrogen and oxygen atoms in total. The van der Waals surface area contributed by atoms with Gasteiger partial charge < -0.3 is 14.3 Å². The van der Waals surface area contributed by atoms with Crippen molar-refractivity contribution in [3.05, 3.63) is 65.7 Å². The highest BCUT2D eigenvalue weighted by atomic mass is 19.1. The highest BCUT2D eigenvalue weighted by molar-refractivity contribution is 5.86. The molecule has 0 saturated carbocycles. The molecule has 0 fully saturated rings. The number of hydrogen-bond acceptors (Lipinski definition) is 4. The van der Waals surface area contributed by atoms with Gasteiger partial charge in [-0.1, -0.05) is 12.1 Å². The third kappa shape index (κ3) is 3.09. The highest BCUT2D eigenvalue weighted by Crippen LogP contribution is 2.25. The summed E-state index contributed by atoms with van der Waals surface area (Å²) in [6.07, 6.45) is 1.54. The Bertz CT molecular complexity index is 805. The van der Waals surface area contributed by atoms with Crippen LogP contribution in [-0.4, -0.2) is 11.1 Å². The van der Waals surface area contributed by atoms with Gasteiger partial charge in [0.2, 0.25) is 0 Å². The number of ether oxygens (including phenoxy) is 1. The molecule has 1 heterocycles. The maximum atomic E-state index is 12.8. The van der Waals surface area contributed by atoms with Gasteiger partial charge >= 0.3 is 5.97 Å². The van der Waals surface area contributed by atoms with E-state index < -0.39 is 5.97 Å². The smallest absolute Gasteiger partial charge is 0.310 e. The molecule has 0 saturated heterocycles. The second kappa shape index (κ2) is 5.89. The number of carbonyl (C=O) groups excluding carboxylic acids is 1. The van der Waals surface area contributed by atoms with Gasteiger partial charge in [-0.3, -0.25) is 4.79 Å². The first-order chi connectivity index (χ1) is 10.6. The summed E-state index contributed by atoms with van der Waals surface area (Å²) in [6.45, 7) is 0.0929. The van der Waals surface area contributed by atoms with Crippen molar-refractivity contribution in [1.82, 2.24) is 0 Å². The average Bonchev–Trinajstić information content (AvgIpc) is 2.89. The van der Waals surface area contributed by atoms with E-state index in [2.05, 4.69) is 0 Å². The van der Waals surface area contributed by atoms with Crippen molar-refractivity contribution >= 4 is 16.9 Å². The molecule has 0 atom stereocenters. The van der Waals surface area contributed by atoms with Gasteiger partial charge in [-0.05, 0) is 29.8 Å². The molecular formula is C17H13FO4. The van der Waals surface area contributed by atoms with E-state index in [0.29, 0.717) is 11.1 Å². The van der Waals surface area contributed by atoms with Crippen molar-refractivity contribution < 1.29 is 23.4 Å². The van der Waals surface area contributed by atoms with Crippen LogP contribution in [0.25, 0.3) is 11.0 Å². The Balaban J connectivity index is 1.64.